The first-order chi connectivity index (χ1) is 15.7. The van der Waals surface area contributed by atoms with Gasteiger partial charge in [-0.15, -0.1) is 0 Å². The number of carbonyl (C=O) groups excluding carboxylic acids is 2. The molecule has 1 unspecified atom stereocenters. The quantitative estimate of drug-likeness (QED) is 0.463. The first kappa shape index (κ1) is 23.4. The lowest BCUT2D eigenvalue weighted by molar-refractivity contribution is -0.132. The van der Waals surface area contributed by atoms with E-state index in [9.17, 15) is 14.0 Å². The number of hydrogen-bond acceptors (Lipinski definition) is 6. The van der Waals surface area contributed by atoms with E-state index in [1.165, 1.54) is 30.8 Å². The van der Waals surface area contributed by atoms with Gasteiger partial charge in [0.2, 0.25) is 0 Å². The molecule has 6 nitrogen and oxygen atoms in total. The molecule has 0 aromatic heterocycles. The number of thioether (sulfide) groups is 1. The molecule has 8 heteroatoms. The monoisotopic (exact) mass is 472 g/mol. The summed E-state index contributed by atoms with van der Waals surface area (Å²) in [6, 6.07) is 6.46. The van der Waals surface area contributed by atoms with Crippen molar-refractivity contribution in [2.75, 3.05) is 31.1 Å². The number of piperazine rings is 1. The molecular weight excluding hydrogens is 443 g/mol. The SMILES string of the molecule is CC(=O)Oc1c(C)c(C)c2c(c1C)CCC(SC(=O)N1CCN(c3ccc(F)cc3)CC1)O2. The van der Waals surface area contributed by atoms with Crippen LogP contribution in [-0.4, -0.2) is 47.7 Å². The van der Waals surface area contributed by atoms with Gasteiger partial charge >= 0.3 is 5.97 Å². The number of rotatable bonds is 3. The molecule has 1 fully saturated rings. The Hall–Kier alpha value is -2.74. The fourth-order valence-corrected chi connectivity index (χ4v) is 5.37. The summed E-state index contributed by atoms with van der Waals surface area (Å²) in [6.45, 7) is 9.90. The largest absolute Gasteiger partial charge is 0.479 e. The molecule has 1 amide bonds. The maximum atomic E-state index is 13.2. The average molecular weight is 473 g/mol. The maximum Gasteiger partial charge on any atom is 0.308 e. The van der Waals surface area contributed by atoms with Crippen LogP contribution >= 0.6 is 11.8 Å². The van der Waals surface area contributed by atoms with E-state index in [1.54, 1.807) is 12.1 Å². The predicted molar refractivity (Wildman–Crippen MR) is 128 cm³/mol. The molecule has 2 aromatic rings. The minimum atomic E-state index is -0.337. The van der Waals surface area contributed by atoms with Gasteiger partial charge in [-0.05, 0) is 86.3 Å². The zero-order chi connectivity index (χ0) is 23.7. The van der Waals surface area contributed by atoms with Crippen molar-refractivity contribution in [1.82, 2.24) is 4.90 Å². The number of esters is 1. The van der Waals surface area contributed by atoms with E-state index >= 15 is 0 Å². The Balaban J connectivity index is 1.38. The first-order valence-corrected chi connectivity index (χ1v) is 12.1. The summed E-state index contributed by atoms with van der Waals surface area (Å²) in [5.41, 5.74) is 4.52. The zero-order valence-electron chi connectivity index (χ0n) is 19.4. The van der Waals surface area contributed by atoms with Gasteiger partial charge in [0.1, 0.15) is 17.3 Å². The third-order valence-corrected chi connectivity index (χ3v) is 7.45. The molecule has 2 heterocycles. The number of carbonyl (C=O) groups is 2. The van der Waals surface area contributed by atoms with Gasteiger partial charge in [0, 0.05) is 44.4 Å². The van der Waals surface area contributed by atoms with Crippen molar-refractivity contribution >= 4 is 28.7 Å². The highest BCUT2D eigenvalue weighted by molar-refractivity contribution is 8.13. The lowest BCUT2D eigenvalue weighted by atomic mass is 9.93. The average Bonchev–Trinajstić information content (AvgIpc) is 2.81. The van der Waals surface area contributed by atoms with Crippen LogP contribution in [0, 0.1) is 26.6 Å². The third kappa shape index (κ3) is 4.95. The van der Waals surface area contributed by atoms with E-state index in [4.69, 9.17) is 9.47 Å². The number of ether oxygens (including phenoxy) is 2. The summed E-state index contributed by atoms with van der Waals surface area (Å²) < 4.78 is 24.9. The lowest BCUT2D eigenvalue weighted by Crippen LogP contribution is -2.48. The molecule has 1 saturated heterocycles. The molecule has 0 bridgehead atoms. The number of fused-ring (bicyclic) bond motifs is 1. The van der Waals surface area contributed by atoms with Crippen LogP contribution in [-0.2, 0) is 11.2 Å². The fourth-order valence-electron chi connectivity index (χ4n) is 4.43. The number of nitrogens with zero attached hydrogens (tertiary/aromatic N) is 2. The highest BCUT2D eigenvalue weighted by Gasteiger charge is 2.31. The molecule has 2 aliphatic heterocycles. The standard InChI is InChI=1S/C25H29FN2O4S/c1-15-16(2)24-21(17(3)23(15)31-18(4)29)9-10-22(32-24)33-25(30)28-13-11-27(12-14-28)20-7-5-19(26)6-8-20/h5-8,22H,9-14H2,1-4H3. The van der Waals surface area contributed by atoms with Gasteiger partial charge < -0.3 is 19.3 Å². The molecule has 1 atom stereocenters. The van der Waals surface area contributed by atoms with E-state index in [1.807, 2.05) is 25.7 Å². The van der Waals surface area contributed by atoms with Crippen LogP contribution in [0.3, 0.4) is 0 Å². The number of amides is 1. The third-order valence-electron chi connectivity index (χ3n) is 6.40. The van der Waals surface area contributed by atoms with Crippen LogP contribution in [0.4, 0.5) is 14.9 Å². The van der Waals surface area contributed by atoms with Crippen LogP contribution < -0.4 is 14.4 Å². The summed E-state index contributed by atoms with van der Waals surface area (Å²) >= 11 is 1.24. The Labute approximate surface area is 198 Å². The van der Waals surface area contributed by atoms with Gasteiger partial charge in [-0.3, -0.25) is 9.59 Å². The normalized spacial score (nSPS) is 17.9. The Morgan fingerprint density at radius 2 is 1.70 bits per heavy atom. The van der Waals surface area contributed by atoms with Gasteiger partial charge in [-0.2, -0.15) is 0 Å². The minimum absolute atomic E-state index is 0.0184. The van der Waals surface area contributed by atoms with Crippen molar-refractivity contribution in [3.8, 4) is 11.5 Å². The summed E-state index contributed by atoms with van der Waals surface area (Å²) in [5, 5.41) is 0.0184. The van der Waals surface area contributed by atoms with Crippen molar-refractivity contribution in [2.24, 2.45) is 0 Å². The molecule has 0 N–H and O–H groups in total. The van der Waals surface area contributed by atoms with Crippen molar-refractivity contribution < 1.29 is 23.5 Å². The number of anilines is 1. The predicted octanol–water partition coefficient (Wildman–Crippen LogP) is 5.00. The number of benzene rings is 2. The van der Waals surface area contributed by atoms with Gasteiger partial charge in [-0.25, -0.2) is 4.39 Å². The van der Waals surface area contributed by atoms with Crippen LogP contribution in [0.25, 0.3) is 0 Å². The Morgan fingerprint density at radius 3 is 2.33 bits per heavy atom. The number of hydrogen-bond donors (Lipinski definition) is 0. The summed E-state index contributed by atoms with van der Waals surface area (Å²) in [5.74, 6) is 0.833. The van der Waals surface area contributed by atoms with E-state index < -0.39 is 0 Å². The Kier molecular flexibility index (Phi) is 6.83. The van der Waals surface area contributed by atoms with Crippen LogP contribution in [0.1, 0.15) is 35.6 Å². The number of halogens is 1. The second-order valence-corrected chi connectivity index (χ2v) is 9.64. The van der Waals surface area contributed by atoms with Crippen molar-refractivity contribution in [3.63, 3.8) is 0 Å². The summed E-state index contributed by atoms with van der Waals surface area (Å²) in [7, 11) is 0. The molecule has 0 saturated carbocycles. The molecule has 4 rings (SSSR count). The summed E-state index contributed by atoms with van der Waals surface area (Å²) in [4.78, 5) is 28.5. The molecule has 0 radical (unpaired) electrons. The molecular formula is C25H29FN2O4S. The second-order valence-electron chi connectivity index (χ2n) is 8.53. The molecule has 0 spiro atoms. The topological polar surface area (TPSA) is 59.1 Å². The van der Waals surface area contributed by atoms with E-state index in [2.05, 4.69) is 4.90 Å². The van der Waals surface area contributed by atoms with Gasteiger partial charge in [0.05, 0.1) is 0 Å². The van der Waals surface area contributed by atoms with E-state index in [0.717, 1.165) is 40.1 Å². The lowest BCUT2D eigenvalue weighted by Gasteiger charge is -2.37. The van der Waals surface area contributed by atoms with Crippen LogP contribution in [0.2, 0.25) is 0 Å². The minimum Gasteiger partial charge on any atom is -0.479 e. The van der Waals surface area contributed by atoms with Crippen LogP contribution in [0.15, 0.2) is 24.3 Å². The Bertz CT molecular complexity index is 1070. The highest BCUT2D eigenvalue weighted by atomic mass is 32.2. The smallest absolute Gasteiger partial charge is 0.308 e. The molecule has 33 heavy (non-hydrogen) atoms. The van der Waals surface area contributed by atoms with E-state index in [0.29, 0.717) is 38.3 Å². The molecule has 2 aliphatic rings. The van der Waals surface area contributed by atoms with Crippen molar-refractivity contribution in [3.05, 3.63) is 52.3 Å². The van der Waals surface area contributed by atoms with Gasteiger partial charge in [-0.1, -0.05) is 0 Å². The first-order valence-electron chi connectivity index (χ1n) is 11.2. The van der Waals surface area contributed by atoms with Gasteiger partial charge in [0.15, 0.2) is 5.44 Å². The van der Waals surface area contributed by atoms with Crippen molar-refractivity contribution in [1.29, 1.82) is 0 Å². The Morgan fingerprint density at radius 1 is 1.03 bits per heavy atom. The maximum absolute atomic E-state index is 13.2. The van der Waals surface area contributed by atoms with Crippen molar-refractivity contribution in [2.45, 2.75) is 46.0 Å². The fraction of sp³-hybridized carbons (Fsp3) is 0.440. The van der Waals surface area contributed by atoms with E-state index in [-0.39, 0.29) is 22.5 Å². The van der Waals surface area contributed by atoms with Crippen LogP contribution in [0.5, 0.6) is 11.5 Å². The summed E-state index contributed by atoms with van der Waals surface area (Å²) in [6.07, 6.45) is 1.47. The van der Waals surface area contributed by atoms with Gasteiger partial charge in [0.25, 0.3) is 5.24 Å². The highest BCUT2D eigenvalue weighted by Crippen LogP contribution is 2.43. The molecule has 2 aromatic carbocycles. The molecule has 0 aliphatic carbocycles. The molecule has 176 valence electrons. The zero-order valence-corrected chi connectivity index (χ0v) is 20.3. The second kappa shape index (κ2) is 9.63.